The van der Waals surface area contributed by atoms with E-state index in [0.29, 0.717) is 17.8 Å². The fraction of sp³-hybridized carbons (Fsp3) is 0.286. The predicted molar refractivity (Wildman–Crippen MR) is 140 cm³/mol. The molecule has 3 aromatic carbocycles. The number of hydrogen-bond acceptors (Lipinski definition) is 4. The number of anilines is 1. The molecule has 4 rings (SSSR count). The molecule has 0 saturated heterocycles. The molecule has 1 aromatic heterocycles. The Balaban J connectivity index is 1.56. The van der Waals surface area contributed by atoms with Crippen molar-refractivity contribution in [3.8, 4) is 0 Å². The van der Waals surface area contributed by atoms with E-state index in [2.05, 4.69) is 74.6 Å². The van der Waals surface area contributed by atoms with Crippen LogP contribution < -0.4 is 10.9 Å². The Labute approximate surface area is 200 Å². The summed E-state index contributed by atoms with van der Waals surface area (Å²) in [6, 6.07) is 26.9. The minimum Gasteiger partial charge on any atom is -0.378 e. The van der Waals surface area contributed by atoms with Crippen LogP contribution in [0.25, 0.3) is 10.9 Å². The summed E-state index contributed by atoms with van der Waals surface area (Å²) in [5.74, 6) is 1.21. The number of fused-ring (bicyclic) bond motifs is 1. The summed E-state index contributed by atoms with van der Waals surface area (Å²) in [4.78, 5) is 18.0. The van der Waals surface area contributed by atoms with Gasteiger partial charge >= 0.3 is 0 Å². The van der Waals surface area contributed by atoms with Crippen LogP contribution in [0.5, 0.6) is 0 Å². The monoisotopic (exact) mass is 457 g/mol. The zero-order chi connectivity index (χ0) is 23.2. The maximum atomic E-state index is 13.2. The molecule has 1 N–H and O–H groups in total. The normalized spacial score (nSPS) is 12.2. The van der Waals surface area contributed by atoms with Crippen LogP contribution in [-0.2, 0) is 6.54 Å². The topological polar surface area (TPSA) is 46.9 Å². The fourth-order valence-corrected chi connectivity index (χ4v) is 4.92. The van der Waals surface area contributed by atoms with Gasteiger partial charge < -0.3 is 5.32 Å². The highest BCUT2D eigenvalue weighted by molar-refractivity contribution is 7.99. The highest BCUT2D eigenvalue weighted by Gasteiger charge is 2.15. The second-order valence-corrected chi connectivity index (χ2v) is 9.89. The smallest absolute Gasteiger partial charge is 0.262 e. The van der Waals surface area contributed by atoms with E-state index in [1.807, 2.05) is 34.9 Å². The fourth-order valence-electron chi connectivity index (χ4n) is 3.91. The van der Waals surface area contributed by atoms with Crippen molar-refractivity contribution in [3.63, 3.8) is 0 Å². The number of hydrogen-bond donors (Lipinski definition) is 1. The number of thioether (sulfide) groups is 1. The molecular formula is C28H31N3OS. The summed E-state index contributed by atoms with van der Waals surface area (Å²) < 4.78 is 1.85. The lowest BCUT2D eigenvalue weighted by Gasteiger charge is -2.21. The highest BCUT2D eigenvalue weighted by atomic mass is 32.2. The summed E-state index contributed by atoms with van der Waals surface area (Å²) >= 11 is 1.67. The molecule has 0 bridgehead atoms. The van der Waals surface area contributed by atoms with Crippen LogP contribution in [0.3, 0.4) is 0 Å². The summed E-state index contributed by atoms with van der Waals surface area (Å²) in [5.41, 5.74) is 4.43. The van der Waals surface area contributed by atoms with E-state index in [-0.39, 0.29) is 11.6 Å². The first-order valence-corrected chi connectivity index (χ1v) is 12.5. The van der Waals surface area contributed by atoms with Crippen molar-refractivity contribution in [1.82, 2.24) is 9.55 Å². The van der Waals surface area contributed by atoms with Crippen molar-refractivity contribution in [2.75, 3.05) is 11.1 Å². The number of nitrogens with zero attached hydrogens (tertiary/aromatic N) is 2. The van der Waals surface area contributed by atoms with E-state index in [1.165, 1.54) is 11.1 Å². The van der Waals surface area contributed by atoms with Gasteiger partial charge in [0.2, 0.25) is 0 Å². The maximum absolute atomic E-state index is 13.2. The molecule has 0 spiro atoms. The Kier molecular flexibility index (Phi) is 7.50. The van der Waals surface area contributed by atoms with Crippen LogP contribution in [0.1, 0.15) is 37.4 Å². The number of rotatable bonds is 9. The number of aryl methyl sites for hydroxylation is 1. The summed E-state index contributed by atoms with van der Waals surface area (Å²) in [6.45, 7) is 7.03. The van der Waals surface area contributed by atoms with E-state index in [0.717, 1.165) is 28.5 Å². The quantitative estimate of drug-likeness (QED) is 0.224. The third-order valence-corrected chi connectivity index (χ3v) is 6.62. The molecular weight excluding hydrogens is 426 g/mol. The van der Waals surface area contributed by atoms with Crippen molar-refractivity contribution in [2.45, 2.75) is 44.9 Å². The van der Waals surface area contributed by atoms with Crippen molar-refractivity contribution >= 4 is 28.4 Å². The third kappa shape index (κ3) is 5.85. The van der Waals surface area contributed by atoms with Crippen LogP contribution in [0.15, 0.2) is 88.8 Å². The lowest BCUT2D eigenvalue weighted by Crippen LogP contribution is -2.25. The molecule has 0 aliphatic carbocycles. The molecule has 4 nitrogen and oxygen atoms in total. The first kappa shape index (κ1) is 23.1. The second kappa shape index (κ2) is 10.7. The van der Waals surface area contributed by atoms with Gasteiger partial charge in [-0.25, -0.2) is 4.98 Å². The van der Waals surface area contributed by atoms with Gasteiger partial charge in [-0.1, -0.05) is 85.8 Å². The Bertz CT molecular complexity index is 1250. The van der Waals surface area contributed by atoms with Gasteiger partial charge in [-0.15, -0.1) is 0 Å². The second-order valence-electron chi connectivity index (χ2n) is 8.83. The van der Waals surface area contributed by atoms with Crippen LogP contribution in [-0.4, -0.2) is 15.3 Å². The van der Waals surface area contributed by atoms with Gasteiger partial charge in [-0.2, -0.15) is 0 Å². The van der Waals surface area contributed by atoms with Gasteiger partial charge in [0.05, 0.1) is 16.9 Å². The zero-order valence-electron chi connectivity index (χ0n) is 19.5. The third-order valence-electron chi connectivity index (χ3n) is 5.61. The number of nitrogens with one attached hydrogen (secondary N) is 1. The molecule has 0 aliphatic heterocycles. The molecule has 1 heterocycles. The lowest BCUT2D eigenvalue weighted by atomic mass is 10.0. The zero-order valence-corrected chi connectivity index (χ0v) is 20.3. The van der Waals surface area contributed by atoms with E-state index < -0.39 is 0 Å². The van der Waals surface area contributed by atoms with Crippen LogP contribution >= 0.6 is 11.8 Å². The van der Waals surface area contributed by atoms with Crippen molar-refractivity contribution in [1.29, 1.82) is 0 Å². The van der Waals surface area contributed by atoms with Crippen molar-refractivity contribution in [2.24, 2.45) is 5.92 Å². The van der Waals surface area contributed by atoms with Gasteiger partial charge in [-0.05, 0) is 49.1 Å². The SMILES string of the molecule is Cc1ccc(NC(CCSc2nc3ccccc3c(=O)n2CC(C)C)c2ccccc2)cc1. The molecule has 0 radical (unpaired) electrons. The summed E-state index contributed by atoms with van der Waals surface area (Å²) in [5, 5.41) is 5.18. The molecule has 1 unspecified atom stereocenters. The maximum Gasteiger partial charge on any atom is 0.262 e. The van der Waals surface area contributed by atoms with Gasteiger partial charge in [0, 0.05) is 18.0 Å². The minimum atomic E-state index is 0.0502. The summed E-state index contributed by atoms with van der Waals surface area (Å²) in [7, 11) is 0. The van der Waals surface area contributed by atoms with Crippen molar-refractivity contribution in [3.05, 3.63) is 100 Å². The van der Waals surface area contributed by atoms with E-state index in [1.54, 1.807) is 11.8 Å². The Morgan fingerprint density at radius 1 is 0.939 bits per heavy atom. The molecule has 5 heteroatoms. The molecule has 170 valence electrons. The average molecular weight is 458 g/mol. The Hall–Kier alpha value is -3.05. The number of benzene rings is 3. The first-order chi connectivity index (χ1) is 16.0. The van der Waals surface area contributed by atoms with Crippen molar-refractivity contribution < 1.29 is 0 Å². The lowest BCUT2D eigenvalue weighted by molar-refractivity contribution is 0.475. The summed E-state index contributed by atoms with van der Waals surface area (Å²) in [6.07, 6.45) is 0.910. The number of aromatic nitrogens is 2. The van der Waals surface area contributed by atoms with E-state index >= 15 is 0 Å². The first-order valence-electron chi connectivity index (χ1n) is 11.5. The van der Waals surface area contributed by atoms with Crippen LogP contribution in [0, 0.1) is 12.8 Å². The largest absolute Gasteiger partial charge is 0.378 e. The van der Waals surface area contributed by atoms with Crippen LogP contribution in [0.4, 0.5) is 5.69 Å². The minimum absolute atomic E-state index is 0.0502. The molecule has 1 atom stereocenters. The van der Waals surface area contributed by atoms with E-state index in [9.17, 15) is 4.79 Å². The molecule has 0 fully saturated rings. The average Bonchev–Trinajstić information content (AvgIpc) is 2.82. The molecule has 4 aromatic rings. The molecule has 0 amide bonds. The Morgan fingerprint density at radius 2 is 1.64 bits per heavy atom. The Morgan fingerprint density at radius 3 is 2.36 bits per heavy atom. The molecule has 0 saturated carbocycles. The van der Waals surface area contributed by atoms with Gasteiger partial charge in [0.15, 0.2) is 5.16 Å². The van der Waals surface area contributed by atoms with Gasteiger partial charge in [-0.3, -0.25) is 9.36 Å². The van der Waals surface area contributed by atoms with Gasteiger partial charge in [0.25, 0.3) is 5.56 Å². The standard InChI is InChI=1S/C28H31N3OS/c1-20(2)19-31-27(32)24-11-7-8-12-26(24)30-28(31)33-18-17-25(22-9-5-4-6-10-22)29-23-15-13-21(3)14-16-23/h4-16,20,25,29H,17-19H2,1-3H3. The molecule has 0 aliphatic rings. The highest BCUT2D eigenvalue weighted by Crippen LogP contribution is 2.27. The van der Waals surface area contributed by atoms with E-state index in [4.69, 9.17) is 4.98 Å². The predicted octanol–water partition coefficient (Wildman–Crippen LogP) is 6.70. The van der Waals surface area contributed by atoms with Crippen LogP contribution in [0.2, 0.25) is 0 Å². The number of para-hydroxylation sites is 1. The van der Waals surface area contributed by atoms with Gasteiger partial charge in [0.1, 0.15) is 0 Å². The molecule has 33 heavy (non-hydrogen) atoms.